The van der Waals surface area contributed by atoms with Crippen LogP contribution in [-0.2, 0) is 9.47 Å². The summed E-state index contributed by atoms with van der Waals surface area (Å²) in [6.07, 6.45) is 54.3. The molecule has 8 nitrogen and oxygen atoms in total. The Balaban J connectivity index is -0.00000102. The van der Waals surface area contributed by atoms with Crippen LogP contribution in [0.15, 0.2) is 72.8 Å². The van der Waals surface area contributed by atoms with Crippen LogP contribution < -0.4 is 10.2 Å². The minimum absolute atomic E-state index is 0. The van der Waals surface area contributed by atoms with Crippen LogP contribution in [0.1, 0.15) is 300 Å². The first-order chi connectivity index (χ1) is 35.2. The van der Waals surface area contributed by atoms with E-state index in [1.54, 1.807) is 24.3 Å². The van der Waals surface area contributed by atoms with Gasteiger partial charge in [0.1, 0.15) is 0 Å². The molecule has 412 valence electrons. The van der Waals surface area contributed by atoms with Crippen molar-refractivity contribution in [2.45, 2.75) is 259 Å². The van der Waals surface area contributed by atoms with Crippen molar-refractivity contribution in [1.29, 1.82) is 0 Å². The zero-order valence-electron chi connectivity index (χ0n) is 47.0. The number of aromatic carboxylic acids is 2. The van der Waals surface area contributed by atoms with Crippen molar-refractivity contribution < 1.29 is 38.9 Å². The first-order valence-corrected chi connectivity index (χ1v) is 29.0. The van der Waals surface area contributed by atoms with Crippen LogP contribution in [-0.4, -0.2) is 61.0 Å². The minimum atomic E-state index is -1.37. The minimum Gasteiger partial charge on any atom is -0.545 e. The molecule has 0 aromatic heterocycles. The van der Waals surface area contributed by atoms with Crippen LogP contribution in [0.25, 0.3) is 0 Å². The van der Waals surface area contributed by atoms with Gasteiger partial charge in [-0.2, -0.15) is 0 Å². The number of esters is 2. The SMILES string of the molecule is CCCCCCCCCCCC/C=C/CCOC(=O)c1ccccc1C(=O)[O-].CCCCCCCCCCCC/C=C/CCOC(=O)c1ccccc1C(=O)[O-].[CH2]CCCCCCC.[CH2]CCCCCCC.[Sn+2]. The molecular formula is C64H104O8Sn. The molecule has 0 atom stereocenters. The third-order valence-electron chi connectivity index (χ3n) is 12.3. The van der Waals surface area contributed by atoms with Crippen molar-refractivity contribution in [2.24, 2.45) is 0 Å². The van der Waals surface area contributed by atoms with Crippen LogP contribution in [0, 0.1) is 13.8 Å². The number of carboxylic acids is 2. The first-order valence-electron chi connectivity index (χ1n) is 29.0. The van der Waals surface area contributed by atoms with E-state index in [4.69, 9.17) is 9.47 Å². The number of allylic oxidation sites excluding steroid dienone is 2. The molecule has 0 spiro atoms. The molecule has 2 rings (SSSR count). The van der Waals surface area contributed by atoms with E-state index in [1.807, 2.05) is 12.2 Å². The molecule has 0 N–H and O–H groups in total. The van der Waals surface area contributed by atoms with Gasteiger partial charge in [-0.15, -0.1) is 0 Å². The third-order valence-corrected chi connectivity index (χ3v) is 12.3. The van der Waals surface area contributed by atoms with Crippen molar-refractivity contribution in [2.75, 3.05) is 13.2 Å². The molecular weight excluding hydrogens is 1020 g/mol. The largest absolute Gasteiger partial charge is 2.00 e. The van der Waals surface area contributed by atoms with E-state index in [0.717, 1.165) is 25.7 Å². The van der Waals surface area contributed by atoms with Crippen molar-refractivity contribution in [1.82, 2.24) is 0 Å². The van der Waals surface area contributed by atoms with Gasteiger partial charge in [0.05, 0.1) is 36.3 Å². The Kier molecular flexibility index (Phi) is 60.2. The average molecular weight is 1120 g/mol. The summed E-state index contributed by atoms with van der Waals surface area (Å²) in [7, 11) is 0. The average Bonchev–Trinajstić information content (AvgIpc) is 3.39. The summed E-state index contributed by atoms with van der Waals surface area (Å²) in [5.74, 6) is -3.99. The number of hydrogen-bond acceptors (Lipinski definition) is 8. The van der Waals surface area contributed by atoms with Gasteiger partial charge in [-0.3, -0.25) is 0 Å². The zero-order valence-corrected chi connectivity index (χ0v) is 49.8. The van der Waals surface area contributed by atoms with Crippen molar-refractivity contribution in [3.63, 3.8) is 0 Å². The monoisotopic (exact) mass is 1120 g/mol. The van der Waals surface area contributed by atoms with Crippen molar-refractivity contribution in [3.8, 4) is 0 Å². The van der Waals surface area contributed by atoms with Gasteiger partial charge in [0.2, 0.25) is 0 Å². The summed E-state index contributed by atoms with van der Waals surface area (Å²) in [4.78, 5) is 46.0. The summed E-state index contributed by atoms with van der Waals surface area (Å²) in [6.45, 7) is 17.0. The Hall–Kier alpha value is -3.40. The van der Waals surface area contributed by atoms with Gasteiger partial charge in [0.25, 0.3) is 0 Å². The Morgan fingerprint density at radius 3 is 0.863 bits per heavy atom. The number of benzene rings is 2. The molecule has 0 fully saturated rings. The van der Waals surface area contributed by atoms with E-state index in [9.17, 15) is 29.4 Å². The van der Waals surface area contributed by atoms with Crippen LogP contribution in [0.3, 0.4) is 0 Å². The quantitative estimate of drug-likeness (QED) is 0.0278. The normalized spacial score (nSPS) is 10.6. The van der Waals surface area contributed by atoms with Gasteiger partial charge in [-0.25, -0.2) is 9.59 Å². The third kappa shape index (κ3) is 49.3. The standard InChI is InChI=1S/2C24H36O4.2C8H17.Sn/c2*1-2-3-4-5-6-7-8-9-10-11-12-13-14-17-20-28-24(27)22-19-16-15-18-21(22)23(25)26;2*1-3-5-7-8-6-4-2;/h2*13-16,18-19H,2-12,17,20H2,1H3,(H,25,26);2*1,3-8H2,2H3;/q;;;;+2/p-2/b2*14-13+;;;. The molecule has 0 aliphatic rings. The maximum atomic E-state index is 12.0. The topological polar surface area (TPSA) is 133 Å². The second-order valence-electron chi connectivity index (χ2n) is 18.9. The number of carboxylic acid groups (broad SMARTS) is 2. The number of unbranched alkanes of at least 4 members (excludes halogenated alkanes) is 30. The van der Waals surface area contributed by atoms with Gasteiger partial charge in [-0.1, -0.05) is 295 Å². The maximum absolute atomic E-state index is 12.0. The number of rotatable bonds is 42. The Morgan fingerprint density at radius 2 is 0.603 bits per heavy atom. The molecule has 0 saturated carbocycles. The summed E-state index contributed by atoms with van der Waals surface area (Å²) in [5.41, 5.74) is -0.193. The molecule has 0 heterocycles. The number of carbonyl (C=O) groups excluding carboxylic acids is 4. The zero-order chi connectivity index (χ0) is 53.4. The van der Waals surface area contributed by atoms with Crippen LogP contribution in [0.5, 0.6) is 0 Å². The summed E-state index contributed by atoms with van der Waals surface area (Å²) >= 11 is 0. The summed E-state index contributed by atoms with van der Waals surface area (Å²) < 4.78 is 10.3. The molecule has 9 heteroatoms. The van der Waals surface area contributed by atoms with Gasteiger partial charge in [0.15, 0.2) is 0 Å². The van der Waals surface area contributed by atoms with E-state index in [0.29, 0.717) is 12.8 Å². The molecule has 0 aliphatic heterocycles. The fourth-order valence-electron chi connectivity index (χ4n) is 7.80. The Bertz CT molecular complexity index is 1470. The fourth-order valence-corrected chi connectivity index (χ4v) is 7.80. The van der Waals surface area contributed by atoms with Gasteiger partial charge in [-0.05, 0) is 50.7 Å². The van der Waals surface area contributed by atoms with Crippen molar-refractivity contribution >= 4 is 47.8 Å². The van der Waals surface area contributed by atoms with E-state index < -0.39 is 23.9 Å². The predicted octanol–water partition coefficient (Wildman–Crippen LogP) is 16.9. The van der Waals surface area contributed by atoms with Crippen molar-refractivity contribution in [3.05, 3.63) is 109 Å². The van der Waals surface area contributed by atoms with Crippen LogP contribution >= 0.6 is 0 Å². The van der Waals surface area contributed by atoms with Crippen LogP contribution in [0.2, 0.25) is 0 Å². The maximum Gasteiger partial charge on any atom is 2.00 e. The van der Waals surface area contributed by atoms with Gasteiger partial charge < -0.3 is 29.3 Å². The summed E-state index contributed by atoms with van der Waals surface area (Å²) in [5, 5.41) is 22.0. The molecule has 2 aromatic carbocycles. The fraction of sp³-hybridized carbons (Fsp3) is 0.656. The van der Waals surface area contributed by atoms with Crippen LogP contribution in [0.4, 0.5) is 0 Å². The Morgan fingerprint density at radius 1 is 0.370 bits per heavy atom. The molecule has 0 aliphatic carbocycles. The van der Waals surface area contributed by atoms with Gasteiger partial charge >= 0.3 is 35.8 Å². The van der Waals surface area contributed by atoms with E-state index in [1.165, 1.54) is 217 Å². The molecule has 73 heavy (non-hydrogen) atoms. The van der Waals surface area contributed by atoms with E-state index >= 15 is 0 Å². The number of ether oxygens (including phenoxy) is 2. The predicted molar refractivity (Wildman–Crippen MR) is 306 cm³/mol. The number of carbonyl (C=O) groups is 4. The van der Waals surface area contributed by atoms with Gasteiger partial charge in [0, 0.05) is 11.1 Å². The Labute approximate surface area is 465 Å². The number of hydrogen-bond donors (Lipinski definition) is 0. The van der Waals surface area contributed by atoms with E-state index in [2.05, 4.69) is 53.7 Å². The second-order valence-corrected chi connectivity index (χ2v) is 18.9. The molecule has 0 unspecified atom stereocenters. The second kappa shape index (κ2) is 59.5. The summed E-state index contributed by atoms with van der Waals surface area (Å²) in [6, 6.07) is 11.9. The molecule has 2 aromatic rings. The molecule has 0 bridgehead atoms. The smallest absolute Gasteiger partial charge is 0.545 e. The first kappa shape index (κ1) is 73.8. The molecule has 0 amide bonds. The van der Waals surface area contributed by atoms with E-state index in [-0.39, 0.29) is 59.4 Å². The molecule has 0 saturated heterocycles. The molecule has 4 radical (unpaired) electrons.